The van der Waals surface area contributed by atoms with E-state index in [-0.39, 0.29) is 18.0 Å². The molecule has 4 heteroatoms. The van der Waals surface area contributed by atoms with Crippen molar-refractivity contribution in [2.75, 3.05) is 6.54 Å². The Kier molecular flexibility index (Phi) is 6.36. The third-order valence-electron chi connectivity index (χ3n) is 2.93. The van der Waals surface area contributed by atoms with E-state index in [0.29, 0.717) is 0 Å². The first-order valence-electron chi connectivity index (χ1n) is 6.58. The summed E-state index contributed by atoms with van der Waals surface area (Å²) in [4.78, 5) is 15.8. The summed E-state index contributed by atoms with van der Waals surface area (Å²) in [7, 11) is 0. The lowest BCUT2D eigenvalue weighted by Crippen LogP contribution is -2.43. The Morgan fingerprint density at radius 2 is 2.00 bits per heavy atom. The number of carbonyl (C=O) groups is 1. The van der Waals surface area contributed by atoms with Gasteiger partial charge in [0.2, 0.25) is 5.91 Å². The van der Waals surface area contributed by atoms with Gasteiger partial charge in [0.15, 0.2) is 0 Å². The van der Waals surface area contributed by atoms with Crippen molar-refractivity contribution in [3.8, 4) is 0 Å². The second-order valence-electron chi connectivity index (χ2n) is 4.54. The van der Waals surface area contributed by atoms with Gasteiger partial charge in [-0.2, -0.15) is 0 Å². The minimum absolute atomic E-state index is 0.0596. The number of unbranched alkanes of at least 4 members (excludes halogenated alkanes) is 1. The second-order valence-corrected chi connectivity index (χ2v) is 4.54. The molecule has 0 aromatic carbocycles. The van der Waals surface area contributed by atoms with E-state index in [2.05, 4.69) is 22.5 Å². The van der Waals surface area contributed by atoms with Crippen molar-refractivity contribution < 1.29 is 4.79 Å². The molecule has 2 N–H and O–H groups in total. The molecule has 18 heavy (non-hydrogen) atoms. The highest BCUT2D eigenvalue weighted by molar-refractivity contribution is 5.81. The maximum Gasteiger partial charge on any atom is 0.236 e. The third kappa shape index (κ3) is 4.84. The number of aromatic nitrogens is 1. The molecule has 0 aliphatic rings. The minimum Gasteiger partial charge on any atom is -0.355 e. The molecule has 0 radical (unpaired) electrons. The van der Waals surface area contributed by atoms with Crippen molar-refractivity contribution in [2.24, 2.45) is 0 Å². The molecule has 2 atom stereocenters. The summed E-state index contributed by atoms with van der Waals surface area (Å²) in [6.45, 7) is 6.80. The Bertz CT molecular complexity index is 353. The number of pyridine rings is 1. The molecule has 0 saturated carbocycles. The van der Waals surface area contributed by atoms with Crippen LogP contribution in [0.3, 0.4) is 0 Å². The summed E-state index contributed by atoms with van der Waals surface area (Å²) < 4.78 is 0. The van der Waals surface area contributed by atoms with Crippen molar-refractivity contribution in [1.29, 1.82) is 0 Å². The molecule has 1 aromatic heterocycles. The smallest absolute Gasteiger partial charge is 0.236 e. The zero-order chi connectivity index (χ0) is 13.4. The maximum atomic E-state index is 11.8. The Morgan fingerprint density at radius 1 is 1.33 bits per heavy atom. The number of hydrogen-bond acceptors (Lipinski definition) is 3. The first-order valence-corrected chi connectivity index (χ1v) is 6.58. The molecular weight excluding hydrogens is 226 g/mol. The van der Waals surface area contributed by atoms with Gasteiger partial charge >= 0.3 is 0 Å². The maximum absolute atomic E-state index is 11.8. The molecule has 1 rings (SSSR count). The van der Waals surface area contributed by atoms with Crippen LogP contribution in [0.4, 0.5) is 0 Å². The molecule has 100 valence electrons. The van der Waals surface area contributed by atoms with Crippen LogP contribution in [0.5, 0.6) is 0 Å². The molecule has 1 aromatic rings. The predicted octanol–water partition coefficient (Wildman–Crippen LogP) is 2.04. The quantitative estimate of drug-likeness (QED) is 0.727. The summed E-state index contributed by atoms with van der Waals surface area (Å²) >= 11 is 0. The molecule has 4 nitrogen and oxygen atoms in total. The lowest BCUT2D eigenvalue weighted by Gasteiger charge is -2.19. The van der Waals surface area contributed by atoms with Gasteiger partial charge in [-0.15, -0.1) is 0 Å². The number of nitrogens with zero attached hydrogens (tertiary/aromatic N) is 1. The van der Waals surface area contributed by atoms with Crippen LogP contribution in [-0.4, -0.2) is 23.5 Å². The summed E-state index contributed by atoms with van der Waals surface area (Å²) in [5, 5.41) is 6.21. The van der Waals surface area contributed by atoms with Gasteiger partial charge in [-0.25, -0.2) is 0 Å². The molecule has 0 bridgehead atoms. The summed E-state index contributed by atoms with van der Waals surface area (Å²) in [6.07, 6.45) is 5.65. The van der Waals surface area contributed by atoms with Gasteiger partial charge in [0.1, 0.15) is 0 Å². The Balaban J connectivity index is 2.39. The molecule has 0 aliphatic carbocycles. The summed E-state index contributed by atoms with van der Waals surface area (Å²) in [5.41, 5.74) is 1.14. The number of rotatable bonds is 7. The molecule has 1 amide bonds. The summed E-state index contributed by atoms with van der Waals surface area (Å²) in [5.74, 6) is 0.0596. The van der Waals surface area contributed by atoms with Crippen LogP contribution >= 0.6 is 0 Å². The SMILES string of the molecule is CCCCNC(=O)C(C)N[C@H](C)c1ccncc1. The average Bonchev–Trinajstić information content (AvgIpc) is 2.39. The lowest BCUT2D eigenvalue weighted by atomic mass is 10.1. The first kappa shape index (κ1) is 14.6. The van der Waals surface area contributed by atoms with Crippen molar-refractivity contribution >= 4 is 5.91 Å². The van der Waals surface area contributed by atoms with Crippen molar-refractivity contribution in [1.82, 2.24) is 15.6 Å². The van der Waals surface area contributed by atoms with E-state index >= 15 is 0 Å². The Morgan fingerprint density at radius 3 is 2.61 bits per heavy atom. The Labute approximate surface area is 109 Å². The zero-order valence-corrected chi connectivity index (χ0v) is 11.4. The van der Waals surface area contributed by atoms with Crippen LogP contribution in [0.2, 0.25) is 0 Å². The molecule has 1 unspecified atom stereocenters. The second kappa shape index (κ2) is 7.82. The van der Waals surface area contributed by atoms with Crippen molar-refractivity contribution in [3.05, 3.63) is 30.1 Å². The van der Waals surface area contributed by atoms with E-state index in [0.717, 1.165) is 24.9 Å². The normalized spacial score (nSPS) is 13.9. The minimum atomic E-state index is -0.190. The number of hydrogen-bond donors (Lipinski definition) is 2. The molecule has 0 saturated heterocycles. The average molecular weight is 249 g/mol. The van der Waals surface area contributed by atoms with Gasteiger partial charge < -0.3 is 5.32 Å². The number of amides is 1. The molecular formula is C14H23N3O. The van der Waals surface area contributed by atoms with Crippen LogP contribution < -0.4 is 10.6 Å². The third-order valence-corrected chi connectivity index (χ3v) is 2.93. The van der Waals surface area contributed by atoms with Gasteiger partial charge in [0.05, 0.1) is 6.04 Å². The molecule has 1 heterocycles. The van der Waals surface area contributed by atoms with E-state index < -0.39 is 0 Å². The first-order chi connectivity index (χ1) is 8.65. The van der Waals surface area contributed by atoms with E-state index in [1.807, 2.05) is 26.0 Å². The van der Waals surface area contributed by atoms with E-state index in [4.69, 9.17) is 0 Å². The van der Waals surface area contributed by atoms with Crippen LogP contribution in [0.25, 0.3) is 0 Å². The Hall–Kier alpha value is -1.42. The van der Waals surface area contributed by atoms with Crippen LogP contribution in [0.15, 0.2) is 24.5 Å². The fourth-order valence-electron chi connectivity index (χ4n) is 1.74. The van der Waals surface area contributed by atoms with E-state index in [9.17, 15) is 4.79 Å². The largest absolute Gasteiger partial charge is 0.355 e. The molecule has 0 spiro atoms. The van der Waals surface area contributed by atoms with Crippen LogP contribution in [-0.2, 0) is 4.79 Å². The zero-order valence-electron chi connectivity index (χ0n) is 11.4. The predicted molar refractivity (Wildman–Crippen MR) is 73.2 cm³/mol. The number of carbonyl (C=O) groups excluding carboxylic acids is 1. The topological polar surface area (TPSA) is 54.0 Å². The lowest BCUT2D eigenvalue weighted by molar-refractivity contribution is -0.122. The summed E-state index contributed by atoms with van der Waals surface area (Å²) in [6, 6.07) is 3.86. The standard InChI is InChI=1S/C14H23N3O/c1-4-5-8-16-14(18)12(3)17-11(2)13-6-9-15-10-7-13/h6-7,9-12,17H,4-5,8H2,1-3H3,(H,16,18)/t11-,12?/m1/s1. The highest BCUT2D eigenvalue weighted by Crippen LogP contribution is 2.10. The van der Waals surface area contributed by atoms with Gasteiger partial charge in [-0.05, 0) is 38.0 Å². The van der Waals surface area contributed by atoms with Crippen molar-refractivity contribution in [3.63, 3.8) is 0 Å². The van der Waals surface area contributed by atoms with E-state index in [1.165, 1.54) is 0 Å². The van der Waals surface area contributed by atoms with Crippen LogP contribution in [0, 0.1) is 0 Å². The van der Waals surface area contributed by atoms with Gasteiger partial charge in [-0.3, -0.25) is 15.1 Å². The highest BCUT2D eigenvalue weighted by Gasteiger charge is 2.15. The van der Waals surface area contributed by atoms with Gasteiger partial charge in [-0.1, -0.05) is 13.3 Å². The monoisotopic (exact) mass is 249 g/mol. The fourth-order valence-corrected chi connectivity index (χ4v) is 1.74. The fraction of sp³-hybridized carbons (Fsp3) is 0.571. The van der Waals surface area contributed by atoms with Gasteiger partial charge in [0, 0.05) is 25.0 Å². The van der Waals surface area contributed by atoms with Gasteiger partial charge in [0.25, 0.3) is 0 Å². The van der Waals surface area contributed by atoms with E-state index in [1.54, 1.807) is 12.4 Å². The molecule has 0 fully saturated rings. The number of nitrogens with one attached hydrogen (secondary N) is 2. The molecule has 0 aliphatic heterocycles. The van der Waals surface area contributed by atoms with Crippen LogP contribution in [0.1, 0.15) is 45.2 Å². The van der Waals surface area contributed by atoms with Crippen molar-refractivity contribution in [2.45, 2.75) is 45.7 Å². The highest BCUT2D eigenvalue weighted by atomic mass is 16.2.